The van der Waals surface area contributed by atoms with Gasteiger partial charge in [-0.15, -0.1) is 5.10 Å². The Bertz CT molecular complexity index is 674. The molecule has 0 bridgehead atoms. The van der Waals surface area contributed by atoms with E-state index in [9.17, 15) is 0 Å². The largest absolute Gasteiger partial charge is 0.497 e. The Morgan fingerprint density at radius 3 is 2.45 bits per heavy atom. The summed E-state index contributed by atoms with van der Waals surface area (Å²) in [4.78, 5) is 0. The summed E-state index contributed by atoms with van der Waals surface area (Å²) < 4.78 is 7.07. The molecule has 0 atom stereocenters. The quantitative estimate of drug-likeness (QED) is 0.728. The molecule has 0 radical (unpaired) electrons. The molecule has 0 saturated carbocycles. The normalized spacial score (nSPS) is 10.4. The van der Waals surface area contributed by atoms with E-state index in [0.717, 1.165) is 17.0 Å². The highest BCUT2D eigenvalue weighted by Crippen LogP contribution is 2.21. The summed E-state index contributed by atoms with van der Waals surface area (Å²) in [5.74, 6) is 0.843. The van der Waals surface area contributed by atoms with Crippen LogP contribution in [0.4, 0.5) is 0 Å². The first kappa shape index (κ1) is 12.4. The van der Waals surface area contributed by atoms with Crippen molar-refractivity contribution in [2.75, 3.05) is 7.11 Å². The van der Waals surface area contributed by atoms with Crippen LogP contribution >= 0.6 is 0 Å². The summed E-state index contributed by atoms with van der Waals surface area (Å²) in [5, 5.41) is 8.18. The van der Waals surface area contributed by atoms with Gasteiger partial charge in [-0.25, -0.2) is 4.68 Å². The van der Waals surface area contributed by atoms with Crippen LogP contribution in [0, 0.1) is 0 Å². The van der Waals surface area contributed by atoms with E-state index in [-0.39, 0.29) is 0 Å². The van der Waals surface area contributed by atoms with Gasteiger partial charge in [0.25, 0.3) is 0 Å². The lowest BCUT2D eigenvalue weighted by Crippen LogP contribution is -2.03. The Morgan fingerprint density at radius 1 is 1.00 bits per heavy atom. The molecule has 2 aromatic carbocycles. The number of benzene rings is 2. The number of rotatable bonds is 4. The van der Waals surface area contributed by atoms with Gasteiger partial charge in [0.15, 0.2) is 0 Å². The van der Waals surface area contributed by atoms with Crippen LogP contribution in [0.3, 0.4) is 0 Å². The predicted molar refractivity (Wildman–Crippen MR) is 77.6 cm³/mol. The predicted octanol–water partition coefficient (Wildman–Crippen LogP) is 3.00. The first-order valence-electron chi connectivity index (χ1n) is 6.43. The van der Waals surface area contributed by atoms with Crippen LogP contribution in [0.2, 0.25) is 0 Å². The van der Waals surface area contributed by atoms with Crippen molar-refractivity contribution >= 4 is 0 Å². The molecule has 0 aliphatic heterocycles. The first-order chi connectivity index (χ1) is 9.86. The second kappa shape index (κ2) is 5.57. The zero-order valence-electron chi connectivity index (χ0n) is 11.2. The second-order valence-corrected chi connectivity index (χ2v) is 4.49. The Morgan fingerprint density at radius 2 is 1.75 bits per heavy atom. The van der Waals surface area contributed by atoms with Gasteiger partial charge in [-0.2, -0.15) is 0 Å². The third-order valence-corrected chi connectivity index (χ3v) is 3.18. The van der Waals surface area contributed by atoms with Gasteiger partial charge in [-0.1, -0.05) is 35.5 Å². The second-order valence-electron chi connectivity index (χ2n) is 4.49. The van der Waals surface area contributed by atoms with Crippen molar-refractivity contribution in [2.24, 2.45) is 0 Å². The van der Waals surface area contributed by atoms with Gasteiger partial charge in [0.05, 0.1) is 25.5 Å². The highest BCUT2D eigenvalue weighted by atomic mass is 16.5. The molecular formula is C16H15N3O. The van der Waals surface area contributed by atoms with Crippen LogP contribution in [0.1, 0.15) is 5.56 Å². The van der Waals surface area contributed by atoms with E-state index >= 15 is 0 Å². The Kier molecular flexibility index (Phi) is 3.46. The van der Waals surface area contributed by atoms with E-state index in [0.29, 0.717) is 6.54 Å². The average molecular weight is 265 g/mol. The molecule has 0 saturated heterocycles. The van der Waals surface area contributed by atoms with Gasteiger partial charge >= 0.3 is 0 Å². The number of aromatic nitrogens is 3. The van der Waals surface area contributed by atoms with Crippen LogP contribution in [0.15, 0.2) is 60.8 Å². The molecular weight excluding hydrogens is 250 g/mol. The van der Waals surface area contributed by atoms with Crippen molar-refractivity contribution in [3.63, 3.8) is 0 Å². The summed E-state index contributed by atoms with van der Waals surface area (Å²) in [6, 6.07) is 18.1. The van der Waals surface area contributed by atoms with Gasteiger partial charge < -0.3 is 4.74 Å². The molecule has 3 aromatic rings. The molecule has 0 spiro atoms. The van der Waals surface area contributed by atoms with Crippen LogP contribution < -0.4 is 4.74 Å². The van der Waals surface area contributed by atoms with E-state index in [2.05, 4.69) is 22.4 Å². The lowest BCUT2D eigenvalue weighted by atomic mass is 10.1. The molecule has 1 aromatic heterocycles. The van der Waals surface area contributed by atoms with E-state index in [4.69, 9.17) is 4.74 Å². The minimum atomic E-state index is 0.711. The Labute approximate surface area is 117 Å². The lowest BCUT2D eigenvalue weighted by molar-refractivity contribution is 0.415. The third kappa shape index (κ3) is 2.54. The van der Waals surface area contributed by atoms with Crippen molar-refractivity contribution in [1.29, 1.82) is 0 Å². The monoisotopic (exact) mass is 265 g/mol. The molecule has 0 unspecified atom stereocenters. The van der Waals surface area contributed by atoms with Crippen LogP contribution in [-0.4, -0.2) is 22.1 Å². The molecule has 0 N–H and O–H groups in total. The van der Waals surface area contributed by atoms with Crippen molar-refractivity contribution in [3.8, 4) is 17.0 Å². The van der Waals surface area contributed by atoms with Gasteiger partial charge in [0.2, 0.25) is 0 Å². The topological polar surface area (TPSA) is 39.9 Å². The van der Waals surface area contributed by atoms with Crippen LogP contribution in [0.25, 0.3) is 11.3 Å². The summed E-state index contributed by atoms with van der Waals surface area (Å²) in [7, 11) is 1.66. The van der Waals surface area contributed by atoms with Crippen molar-refractivity contribution in [3.05, 3.63) is 66.4 Å². The average Bonchev–Trinajstić information content (AvgIpc) is 2.96. The highest BCUT2D eigenvalue weighted by Gasteiger charge is 2.07. The molecule has 0 aliphatic carbocycles. The van der Waals surface area contributed by atoms with Gasteiger partial charge in [-0.05, 0) is 29.8 Å². The standard InChI is InChI=1S/C16H15N3O/c1-20-15-9-7-14(8-10-15)16-11-17-18-19(16)12-13-5-3-2-4-6-13/h2-11H,12H2,1H3. The van der Waals surface area contributed by atoms with Gasteiger partial charge in [0, 0.05) is 5.56 Å². The fourth-order valence-corrected chi connectivity index (χ4v) is 2.12. The molecule has 1 heterocycles. The van der Waals surface area contributed by atoms with Crippen LogP contribution in [-0.2, 0) is 6.54 Å². The number of nitrogens with zero attached hydrogens (tertiary/aromatic N) is 3. The van der Waals surface area contributed by atoms with Gasteiger partial charge in [0.1, 0.15) is 5.75 Å². The molecule has 100 valence electrons. The Hall–Kier alpha value is -2.62. The summed E-state index contributed by atoms with van der Waals surface area (Å²) in [6.07, 6.45) is 1.78. The fraction of sp³-hybridized carbons (Fsp3) is 0.125. The molecule has 4 nitrogen and oxygen atoms in total. The lowest BCUT2D eigenvalue weighted by Gasteiger charge is -2.07. The number of hydrogen-bond acceptors (Lipinski definition) is 3. The molecule has 0 amide bonds. The number of ether oxygens (including phenoxy) is 1. The number of hydrogen-bond donors (Lipinski definition) is 0. The van der Waals surface area contributed by atoms with E-state index < -0.39 is 0 Å². The van der Waals surface area contributed by atoms with E-state index in [1.54, 1.807) is 13.3 Å². The smallest absolute Gasteiger partial charge is 0.118 e. The summed E-state index contributed by atoms with van der Waals surface area (Å²) in [6.45, 7) is 0.711. The maximum atomic E-state index is 5.17. The molecule has 4 heteroatoms. The number of methoxy groups -OCH3 is 1. The first-order valence-corrected chi connectivity index (χ1v) is 6.43. The fourth-order valence-electron chi connectivity index (χ4n) is 2.12. The third-order valence-electron chi connectivity index (χ3n) is 3.18. The molecule has 20 heavy (non-hydrogen) atoms. The SMILES string of the molecule is COc1ccc(-c2cnnn2Cc2ccccc2)cc1. The zero-order valence-corrected chi connectivity index (χ0v) is 11.2. The maximum absolute atomic E-state index is 5.17. The molecule has 3 rings (SSSR count). The van der Waals surface area contributed by atoms with Crippen molar-refractivity contribution in [2.45, 2.75) is 6.54 Å². The van der Waals surface area contributed by atoms with E-state index in [1.165, 1.54) is 5.56 Å². The molecule has 0 fully saturated rings. The summed E-state index contributed by atoms with van der Waals surface area (Å²) >= 11 is 0. The summed E-state index contributed by atoms with van der Waals surface area (Å²) in [5.41, 5.74) is 3.27. The zero-order chi connectivity index (χ0) is 13.8. The van der Waals surface area contributed by atoms with E-state index in [1.807, 2.05) is 47.1 Å². The van der Waals surface area contributed by atoms with Crippen molar-refractivity contribution < 1.29 is 4.74 Å². The minimum absolute atomic E-state index is 0.711. The highest BCUT2D eigenvalue weighted by molar-refractivity contribution is 5.59. The minimum Gasteiger partial charge on any atom is -0.497 e. The maximum Gasteiger partial charge on any atom is 0.118 e. The van der Waals surface area contributed by atoms with Crippen molar-refractivity contribution in [1.82, 2.24) is 15.0 Å². The van der Waals surface area contributed by atoms with Crippen LogP contribution in [0.5, 0.6) is 5.75 Å². The molecule has 0 aliphatic rings. The Balaban J connectivity index is 1.89. The van der Waals surface area contributed by atoms with Gasteiger partial charge in [-0.3, -0.25) is 0 Å².